The van der Waals surface area contributed by atoms with Crippen LogP contribution in [-0.4, -0.2) is 37.0 Å². The molecule has 1 aliphatic rings. The summed E-state index contributed by atoms with van der Waals surface area (Å²) >= 11 is 0. The largest absolute Gasteiger partial charge is 0.339 e. The van der Waals surface area contributed by atoms with Crippen LogP contribution in [0.4, 0.5) is 4.39 Å². The molecule has 0 atom stereocenters. The van der Waals surface area contributed by atoms with Gasteiger partial charge in [0, 0.05) is 18.7 Å². The monoisotopic (exact) mass is 236 g/mol. The van der Waals surface area contributed by atoms with Crippen molar-refractivity contribution < 1.29 is 9.18 Å². The first kappa shape index (κ1) is 12.0. The van der Waals surface area contributed by atoms with Gasteiger partial charge in [-0.3, -0.25) is 4.79 Å². The molecule has 2 rings (SSSR count). The molecule has 0 aromatic heterocycles. The first-order chi connectivity index (χ1) is 8.27. The second-order valence-corrected chi connectivity index (χ2v) is 4.26. The van der Waals surface area contributed by atoms with Crippen molar-refractivity contribution in [3.63, 3.8) is 0 Å². The number of nitrogens with one attached hydrogen (secondary N) is 1. The van der Waals surface area contributed by atoms with Gasteiger partial charge in [-0.1, -0.05) is 0 Å². The Balaban J connectivity index is 2.04. The lowest BCUT2D eigenvalue weighted by atomic mass is 10.1. The fraction of sp³-hybridized carbons (Fsp3) is 0.462. The summed E-state index contributed by atoms with van der Waals surface area (Å²) in [6.07, 6.45) is 1.93. The van der Waals surface area contributed by atoms with Crippen molar-refractivity contribution in [2.24, 2.45) is 0 Å². The Morgan fingerprint density at radius 2 is 1.71 bits per heavy atom. The number of carbonyl (C=O) groups is 1. The third-order valence-electron chi connectivity index (χ3n) is 2.94. The predicted octanol–water partition coefficient (Wildman–Crippen LogP) is 1.65. The summed E-state index contributed by atoms with van der Waals surface area (Å²) in [5, 5.41) is 3.31. The lowest BCUT2D eigenvalue weighted by Crippen LogP contribution is -2.38. The molecule has 3 nitrogen and oxygen atoms in total. The Morgan fingerprint density at radius 1 is 1.12 bits per heavy atom. The van der Waals surface area contributed by atoms with Gasteiger partial charge in [0.2, 0.25) is 0 Å². The normalized spacial score (nSPS) is 17.4. The number of carbonyl (C=O) groups excluding carboxylic acids is 1. The molecule has 1 aromatic rings. The van der Waals surface area contributed by atoms with Crippen LogP contribution in [0.1, 0.15) is 23.2 Å². The quantitative estimate of drug-likeness (QED) is 0.804. The minimum atomic E-state index is -0.307. The second-order valence-electron chi connectivity index (χ2n) is 4.26. The van der Waals surface area contributed by atoms with Crippen LogP contribution in [0.2, 0.25) is 0 Å². The predicted molar refractivity (Wildman–Crippen MR) is 64.4 cm³/mol. The Morgan fingerprint density at radius 3 is 2.29 bits per heavy atom. The van der Waals surface area contributed by atoms with E-state index in [9.17, 15) is 9.18 Å². The zero-order valence-electron chi connectivity index (χ0n) is 9.79. The highest BCUT2D eigenvalue weighted by molar-refractivity contribution is 5.94. The molecular formula is C13H17FN2O. The average Bonchev–Trinajstić information content (AvgIpc) is 2.29. The third-order valence-corrected chi connectivity index (χ3v) is 2.94. The molecule has 1 amide bonds. The lowest BCUT2D eigenvalue weighted by Gasteiger charge is -2.25. The molecule has 1 aliphatic heterocycles. The number of benzene rings is 1. The number of nitrogens with zero attached hydrogens (tertiary/aromatic N) is 1. The molecule has 1 N–H and O–H groups in total. The molecule has 0 bridgehead atoms. The van der Waals surface area contributed by atoms with E-state index in [-0.39, 0.29) is 11.7 Å². The zero-order valence-corrected chi connectivity index (χ0v) is 9.79. The van der Waals surface area contributed by atoms with Crippen LogP contribution >= 0.6 is 0 Å². The minimum Gasteiger partial charge on any atom is -0.339 e. The summed E-state index contributed by atoms with van der Waals surface area (Å²) in [7, 11) is 0. The van der Waals surface area contributed by atoms with Crippen molar-refractivity contribution in [2.45, 2.75) is 12.8 Å². The average molecular weight is 236 g/mol. The number of halogens is 1. The highest BCUT2D eigenvalue weighted by Gasteiger charge is 2.16. The van der Waals surface area contributed by atoms with Crippen LogP contribution in [0.15, 0.2) is 24.3 Å². The Bertz CT molecular complexity index is 370. The van der Waals surface area contributed by atoms with Crippen molar-refractivity contribution >= 4 is 5.91 Å². The van der Waals surface area contributed by atoms with E-state index in [0.717, 1.165) is 39.0 Å². The van der Waals surface area contributed by atoms with Crippen LogP contribution < -0.4 is 5.32 Å². The fourth-order valence-corrected chi connectivity index (χ4v) is 2.00. The lowest BCUT2D eigenvalue weighted by molar-refractivity contribution is 0.0745. The van der Waals surface area contributed by atoms with E-state index in [1.54, 1.807) is 12.1 Å². The molecule has 0 spiro atoms. The van der Waals surface area contributed by atoms with Gasteiger partial charge in [-0.25, -0.2) is 4.39 Å². The van der Waals surface area contributed by atoms with Crippen LogP contribution in [0.25, 0.3) is 0 Å². The van der Waals surface area contributed by atoms with Gasteiger partial charge < -0.3 is 10.2 Å². The number of hydrogen-bond donors (Lipinski definition) is 1. The van der Waals surface area contributed by atoms with Gasteiger partial charge >= 0.3 is 0 Å². The first-order valence-electron chi connectivity index (χ1n) is 6.03. The Kier molecular flexibility index (Phi) is 4.09. The minimum absolute atomic E-state index is 0.00639. The third kappa shape index (κ3) is 3.27. The van der Waals surface area contributed by atoms with Crippen LogP contribution in [0, 0.1) is 5.82 Å². The van der Waals surface area contributed by atoms with Crippen molar-refractivity contribution in [1.29, 1.82) is 0 Å². The molecule has 1 fully saturated rings. The zero-order chi connectivity index (χ0) is 12.1. The highest BCUT2D eigenvalue weighted by Crippen LogP contribution is 2.08. The van der Waals surface area contributed by atoms with Crippen molar-refractivity contribution in [1.82, 2.24) is 10.2 Å². The summed E-state index contributed by atoms with van der Waals surface area (Å²) < 4.78 is 12.8. The summed E-state index contributed by atoms with van der Waals surface area (Å²) in [4.78, 5) is 14.0. The molecule has 0 unspecified atom stereocenters. The van der Waals surface area contributed by atoms with Gasteiger partial charge in [0.15, 0.2) is 0 Å². The van der Waals surface area contributed by atoms with Gasteiger partial charge in [0.05, 0.1) is 0 Å². The fourth-order valence-electron chi connectivity index (χ4n) is 2.00. The molecule has 0 radical (unpaired) electrons. The Labute approximate surface area is 101 Å². The molecule has 4 heteroatoms. The van der Waals surface area contributed by atoms with Crippen molar-refractivity contribution in [2.75, 3.05) is 26.2 Å². The summed E-state index contributed by atoms with van der Waals surface area (Å²) in [6.45, 7) is 3.44. The van der Waals surface area contributed by atoms with Gasteiger partial charge in [-0.05, 0) is 50.2 Å². The smallest absolute Gasteiger partial charge is 0.253 e. The highest BCUT2D eigenvalue weighted by atomic mass is 19.1. The first-order valence-corrected chi connectivity index (χ1v) is 6.03. The maximum Gasteiger partial charge on any atom is 0.253 e. The molecule has 0 aliphatic carbocycles. The maximum absolute atomic E-state index is 12.8. The van der Waals surface area contributed by atoms with Crippen molar-refractivity contribution in [3.05, 3.63) is 35.6 Å². The van der Waals surface area contributed by atoms with Crippen LogP contribution in [0.5, 0.6) is 0 Å². The molecular weight excluding hydrogens is 219 g/mol. The second kappa shape index (κ2) is 5.77. The summed E-state index contributed by atoms with van der Waals surface area (Å²) in [5.41, 5.74) is 0.569. The van der Waals surface area contributed by atoms with Crippen LogP contribution in [-0.2, 0) is 0 Å². The number of hydrogen-bond acceptors (Lipinski definition) is 2. The van der Waals surface area contributed by atoms with Gasteiger partial charge in [0.1, 0.15) is 5.82 Å². The number of rotatable bonds is 1. The van der Waals surface area contributed by atoms with E-state index in [2.05, 4.69) is 5.32 Å². The topological polar surface area (TPSA) is 32.3 Å². The molecule has 1 heterocycles. The standard InChI is InChI=1S/C13H17FN2O/c14-12-5-3-11(4-6-12)13(17)16-9-1-7-15-8-2-10-16/h3-6,15H,1-2,7-10H2. The molecule has 1 saturated heterocycles. The van der Waals surface area contributed by atoms with E-state index in [4.69, 9.17) is 0 Å². The van der Waals surface area contributed by atoms with Crippen molar-refractivity contribution in [3.8, 4) is 0 Å². The van der Waals surface area contributed by atoms with E-state index < -0.39 is 0 Å². The summed E-state index contributed by atoms with van der Waals surface area (Å²) in [6, 6.07) is 5.76. The van der Waals surface area contributed by atoms with E-state index >= 15 is 0 Å². The van der Waals surface area contributed by atoms with E-state index in [1.807, 2.05) is 4.90 Å². The van der Waals surface area contributed by atoms with Crippen LogP contribution in [0.3, 0.4) is 0 Å². The maximum atomic E-state index is 12.8. The van der Waals surface area contributed by atoms with E-state index in [1.165, 1.54) is 12.1 Å². The molecule has 17 heavy (non-hydrogen) atoms. The number of amides is 1. The van der Waals surface area contributed by atoms with Gasteiger partial charge in [-0.2, -0.15) is 0 Å². The van der Waals surface area contributed by atoms with Gasteiger partial charge in [-0.15, -0.1) is 0 Å². The molecule has 92 valence electrons. The van der Waals surface area contributed by atoms with Gasteiger partial charge in [0.25, 0.3) is 5.91 Å². The SMILES string of the molecule is O=C(c1ccc(F)cc1)N1CCCNCCC1. The molecule has 1 aromatic carbocycles. The summed E-state index contributed by atoms with van der Waals surface area (Å²) in [5.74, 6) is -0.301. The molecule has 0 saturated carbocycles. The van der Waals surface area contributed by atoms with E-state index in [0.29, 0.717) is 5.56 Å². The Hall–Kier alpha value is -1.42.